The molecule has 8 nitrogen and oxygen atoms in total. The summed E-state index contributed by atoms with van der Waals surface area (Å²) in [6.45, 7) is 7.65. The van der Waals surface area contributed by atoms with Gasteiger partial charge in [-0.1, -0.05) is 47.7 Å². The second kappa shape index (κ2) is 11.3. The highest BCUT2D eigenvalue weighted by Crippen LogP contribution is 2.31. The summed E-state index contributed by atoms with van der Waals surface area (Å²) in [5.41, 5.74) is 2.70. The van der Waals surface area contributed by atoms with E-state index in [9.17, 15) is 14.4 Å². The van der Waals surface area contributed by atoms with Gasteiger partial charge in [0.25, 0.3) is 5.56 Å². The molecule has 0 bridgehead atoms. The number of aromatic nitrogens is 1. The van der Waals surface area contributed by atoms with Gasteiger partial charge in [-0.3, -0.25) is 14.2 Å². The van der Waals surface area contributed by atoms with Crippen molar-refractivity contribution in [1.29, 1.82) is 0 Å². The highest BCUT2D eigenvalue weighted by molar-refractivity contribution is 7.07. The summed E-state index contributed by atoms with van der Waals surface area (Å²) < 4.78 is 18.9. The molecule has 1 atom stereocenters. The molecule has 0 radical (unpaired) electrons. The zero-order valence-electron chi connectivity index (χ0n) is 22.6. The van der Waals surface area contributed by atoms with Crippen LogP contribution in [0.5, 0.6) is 5.75 Å². The van der Waals surface area contributed by atoms with Crippen molar-refractivity contribution in [3.05, 3.63) is 109 Å². The molecule has 0 fully saturated rings. The van der Waals surface area contributed by atoms with Crippen molar-refractivity contribution in [3.63, 3.8) is 0 Å². The number of thiazole rings is 1. The molecule has 0 saturated heterocycles. The first-order valence-electron chi connectivity index (χ1n) is 12.9. The standard InChI is InChI=1S/C31H28N2O6S/c1-5-37-23-13-11-22(12-14-23)28-27(30(36)38-6-2)18(3)32-31-33(28)29(35)26(40-31)17-24-15-16-25(39-24)21-9-7-20(8-10-21)19(4)34/h7-17,28H,5-6H2,1-4H3/b26-17-/t28-/m0/s1. The Balaban J connectivity index is 1.58. The lowest BCUT2D eigenvalue weighted by Gasteiger charge is -2.24. The molecule has 0 spiro atoms. The van der Waals surface area contributed by atoms with Crippen LogP contribution in [-0.4, -0.2) is 29.5 Å². The van der Waals surface area contributed by atoms with E-state index in [-0.39, 0.29) is 17.9 Å². The van der Waals surface area contributed by atoms with Crippen molar-refractivity contribution in [2.24, 2.45) is 4.99 Å². The number of ketones is 1. The Morgan fingerprint density at radius 3 is 2.40 bits per heavy atom. The number of benzene rings is 2. The SMILES string of the molecule is CCOC(=O)C1=C(C)N=c2s/c(=C\c3ccc(-c4ccc(C(C)=O)cc4)o3)c(=O)n2[C@H]1c1ccc(OCC)cc1. The van der Waals surface area contributed by atoms with Gasteiger partial charge in [0, 0.05) is 17.2 Å². The first kappa shape index (κ1) is 27.1. The maximum Gasteiger partial charge on any atom is 0.338 e. The maximum absolute atomic E-state index is 13.8. The van der Waals surface area contributed by atoms with Gasteiger partial charge >= 0.3 is 5.97 Å². The molecule has 40 heavy (non-hydrogen) atoms. The van der Waals surface area contributed by atoms with E-state index in [1.807, 2.05) is 49.4 Å². The molecule has 0 unspecified atom stereocenters. The van der Waals surface area contributed by atoms with Crippen molar-refractivity contribution >= 4 is 29.2 Å². The Labute approximate surface area is 234 Å². The predicted octanol–water partition coefficient (Wildman–Crippen LogP) is 4.66. The summed E-state index contributed by atoms with van der Waals surface area (Å²) in [5.74, 6) is 1.29. The van der Waals surface area contributed by atoms with Crippen LogP contribution >= 0.6 is 11.3 Å². The quantitative estimate of drug-likeness (QED) is 0.231. The molecule has 204 valence electrons. The third-order valence-electron chi connectivity index (χ3n) is 6.50. The topological polar surface area (TPSA) is 100 Å². The maximum atomic E-state index is 13.8. The fourth-order valence-corrected chi connectivity index (χ4v) is 5.63. The molecule has 0 aliphatic carbocycles. The van der Waals surface area contributed by atoms with E-state index in [4.69, 9.17) is 13.9 Å². The van der Waals surface area contributed by atoms with Crippen LogP contribution in [-0.2, 0) is 9.53 Å². The number of hydrogen-bond acceptors (Lipinski definition) is 8. The lowest BCUT2D eigenvalue weighted by molar-refractivity contribution is -0.139. The average Bonchev–Trinajstić information content (AvgIpc) is 3.53. The van der Waals surface area contributed by atoms with Gasteiger partial charge < -0.3 is 13.9 Å². The Morgan fingerprint density at radius 2 is 1.75 bits per heavy atom. The monoisotopic (exact) mass is 556 g/mol. The number of hydrogen-bond donors (Lipinski definition) is 0. The molecular weight excluding hydrogens is 528 g/mol. The van der Waals surface area contributed by atoms with Gasteiger partial charge in [0.05, 0.1) is 35.1 Å². The number of fused-ring (bicyclic) bond motifs is 1. The van der Waals surface area contributed by atoms with Crippen LogP contribution in [0.3, 0.4) is 0 Å². The number of carbonyl (C=O) groups is 2. The van der Waals surface area contributed by atoms with E-state index in [1.54, 1.807) is 38.1 Å². The van der Waals surface area contributed by atoms with Gasteiger partial charge in [-0.25, -0.2) is 9.79 Å². The summed E-state index contributed by atoms with van der Waals surface area (Å²) in [6.07, 6.45) is 1.68. The number of Topliss-reactive ketones (excluding diaryl/α,β-unsaturated/α-hetero) is 1. The smallest absolute Gasteiger partial charge is 0.338 e. The van der Waals surface area contributed by atoms with Crippen LogP contribution in [0.4, 0.5) is 0 Å². The molecular formula is C31H28N2O6S. The van der Waals surface area contributed by atoms with Crippen LogP contribution in [0.2, 0.25) is 0 Å². The van der Waals surface area contributed by atoms with Crippen LogP contribution in [0, 0.1) is 0 Å². The van der Waals surface area contributed by atoms with Crippen LogP contribution in [0.25, 0.3) is 17.4 Å². The molecule has 2 aromatic heterocycles. The lowest BCUT2D eigenvalue weighted by atomic mass is 9.96. The van der Waals surface area contributed by atoms with E-state index in [0.29, 0.717) is 50.0 Å². The largest absolute Gasteiger partial charge is 0.494 e. The summed E-state index contributed by atoms with van der Waals surface area (Å²) in [7, 11) is 0. The highest BCUT2D eigenvalue weighted by Gasteiger charge is 2.33. The Bertz CT molecular complexity index is 1790. The number of esters is 1. The van der Waals surface area contributed by atoms with Gasteiger partial charge in [0.1, 0.15) is 17.3 Å². The number of furan rings is 1. The first-order chi connectivity index (χ1) is 19.3. The summed E-state index contributed by atoms with van der Waals surface area (Å²) in [5, 5.41) is 0. The van der Waals surface area contributed by atoms with Crippen molar-refractivity contribution < 1.29 is 23.5 Å². The molecule has 4 aromatic rings. The molecule has 0 N–H and O–H groups in total. The third kappa shape index (κ3) is 5.20. The average molecular weight is 557 g/mol. The zero-order chi connectivity index (χ0) is 28.4. The lowest BCUT2D eigenvalue weighted by Crippen LogP contribution is -2.39. The second-order valence-corrected chi connectivity index (χ2v) is 10.1. The molecule has 9 heteroatoms. The Kier molecular flexibility index (Phi) is 7.66. The van der Waals surface area contributed by atoms with Crippen LogP contribution < -0.4 is 19.6 Å². The number of rotatable bonds is 8. The minimum Gasteiger partial charge on any atom is -0.494 e. The van der Waals surface area contributed by atoms with Crippen molar-refractivity contribution in [3.8, 4) is 17.1 Å². The molecule has 1 aliphatic rings. The van der Waals surface area contributed by atoms with Crippen molar-refractivity contribution in [2.45, 2.75) is 33.7 Å². The number of nitrogens with zero attached hydrogens (tertiary/aromatic N) is 2. The fourth-order valence-electron chi connectivity index (χ4n) is 4.60. The van der Waals surface area contributed by atoms with Crippen molar-refractivity contribution in [2.75, 3.05) is 13.2 Å². The number of ether oxygens (including phenoxy) is 2. The van der Waals surface area contributed by atoms with Gasteiger partial charge in [-0.15, -0.1) is 0 Å². The predicted molar refractivity (Wildman–Crippen MR) is 152 cm³/mol. The first-order valence-corrected chi connectivity index (χ1v) is 13.8. The van der Waals surface area contributed by atoms with Crippen molar-refractivity contribution in [1.82, 2.24) is 4.57 Å². The Hall–Kier alpha value is -4.50. The molecule has 0 amide bonds. The van der Waals surface area contributed by atoms with E-state index in [2.05, 4.69) is 4.99 Å². The molecule has 1 aliphatic heterocycles. The number of carbonyl (C=O) groups excluding carboxylic acids is 2. The normalized spacial score (nSPS) is 15.0. The third-order valence-corrected chi connectivity index (χ3v) is 7.48. The second-order valence-electron chi connectivity index (χ2n) is 9.14. The highest BCUT2D eigenvalue weighted by atomic mass is 32.1. The van der Waals surface area contributed by atoms with Crippen LogP contribution in [0.15, 0.2) is 86.1 Å². The van der Waals surface area contributed by atoms with E-state index < -0.39 is 12.0 Å². The van der Waals surface area contributed by atoms with Gasteiger partial charge in [0.15, 0.2) is 10.6 Å². The zero-order valence-corrected chi connectivity index (χ0v) is 23.4. The minimum atomic E-state index is -0.708. The number of allylic oxidation sites excluding steroid dienone is 1. The molecule has 3 heterocycles. The minimum absolute atomic E-state index is 0.00745. The van der Waals surface area contributed by atoms with Gasteiger partial charge in [-0.05, 0) is 57.5 Å². The summed E-state index contributed by atoms with van der Waals surface area (Å²) in [6, 6.07) is 17.4. The fraction of sp³-hybridized carbons (Fsp3) is 0.226. The molecule has 2 aromatic carbocycles. The van der Waals surface area contributed by atoms with Crippen LogP contribution in [0.1, 0.15) is 55.4 Å². The molecule has 5 rings (SSSR count). The van der Waals surface area contributed by atoms with E-state index in [0.717, 1.165) is 11.1 Å². The molecule has 0 saturated carbocycles. The van der Waals surface area contributed by atoms with E-state index in [1.165, 1.54) is 22.8 Å². The Morgan fingerprint density at radius 1 is 1.02 bits per heavy atom. The summed E-state index contributed by atoms with van der Waals surface area (Å²) in [4.78, 5) is 43.5. The van der Waals surface area contributed by atoms with Gasteiger partial charge in [0.2, 0.25) is 0 Å². The van der Waals surface area contributed by atoms with Gasteiger partial charge in [-0.2, -0.15) is 0 Å². The van der Waals surface area contributed by atoms with E-state index >= 15 is 0 Å². The summed E-state index contributed by atoms with van der Waals surface area (Å²) >= 11 is 1.23.